The quantitative estimate of drug-likeness (QED) is 0.534. The highest BCUT2D eigenvalue weighted by molar-refractivity contribution is 5.72. The fourth-order valence-electron chi connectivity index (χ4n) is 1.10. The van der Waals surface area contributed by atoms with Gasteiger partial charge in [-0.1, -0.05) is 18.1 Å². The van der Waals surface area contributed by atoms with Crippen LogP contribution in [0.3, 0.4) is 0 Å². The van der Waals surface area contributed by atoms with Crippen LogP contribution in [0.4, 0.5) is 0 Å². The maximum absolute atomic E-state index is 11.1. The topological polar surface area (TPSA) is 26.3 Å². The van der Waals surface area contributed by atoms with E-state index in [9.17, 15) is 4.79 Å². The molecule has 2 heteroatoms. The highest BCUT2D eigenvalue weighted by Gasteiger charge is 2.02. The Kier molecular flexibility index (Phi) is 3.75. The van der Waals surface area contributed by atoms with Crippen molar-refractivity contribution in [2.45, 2.75) is 13.3 Å². The summed E-state index contributed by atoms with van der Waals surface area (Å²) < 4.78 is 4.82. The van der Waals surface area contributed by atoms with Gasteiger partial charge in [0.05, 0.1) is 13.0 Å². The molecule has 1 aromatic carbocycles. The van der Waals surface area contributed by atoms with Gasteiger partial charge in [0, 0.05) is 5.56 Å². The Hall–Kier alpha value is -1.75. The molecule has 0 aliphatic heterocycles. The van der Waals surface area contributed by atoms with Crippen LogP contribution in [-0.4, -0.2) is 12.6 Å². The average Bonchev–Trinajstić information content (AvgIpc) is 2.19. The predicted octanol–water partition coefficient (Wildman–Crippen LogP) is 1.77. The Morgan fingerprint density at radius 1 is 1.43 bits per heavy atom. The molecule has 0 N–H and O–H groups in total. The Balaban J connectivity index is 2.61. The summed E-state index contributed by atoms with van der Waals surface area (Å²) in [6.45, 7) is 2.21. The van der Waals surface area contributed by atoms with Crippen molar-refractivity contribution in [2.24, 2.45) is 0 Å². The van der Waals surface area contributed by atoms with E-state index in [2.05, 4.69) is 5.92 Å². The monoisotopic (exact) mass is 188 g/mol. The zero-order valence-corrected chi connectivity index (χ0v) is 8.12. The van der Waals surface area contributed by atoms with Crippen LogP contribution in [0, 0.1) is 12.3 Å². The molecule has 1 aromatic rings. The number of ether oxygens (including phenoxy) is 1. The van der Waals surface area contributed by atoms with Crippen LogP contribution in [-0.2, 0) is 16.0 Å². The fraction of sp³-hybridized carbons (Fsp3) is 0.250. The average molecular weight is 188 g/mol. The molecule has 72 valence electrons. The minimum Gasteiger partial charge on any atom is -0.466 e. The minimum atomic E-state index is -0.207. The molecule has 0 aliphatic rings. The number of rotatable bonds is 3. The van der Waals surface area contributed by atoms with Crippen LogP contribution in [0.1, 0.15) is 18.1 Å². The number of hydrogen-bond donors (Lipinski definition) is 0. The summed E-state index contributed by atoms with van der Waals surface area (Å²) in [7, 11) is 0. The third-order valence-electron chi connectivity index (χ3n) is 1.77. The van der Waals surface area contributed by atoms with Gasteiger partial charge in [-0.05, 0) is 24.6 Å². The number of hydrogen-bond acceptors (Lipinski definition) is 2. The van der Waals surface area contributed by atoms with Crippen molar-refractivity contribution >= 4 is 5.97 Å². The van der Waals surface area contributed by atoms with E-state index < -0.39 is 0 Å². The van der Waals surface area contributed by atoms with E-state index >= 15 is 0 Å². The zero-order chi connectivity index (χ0) is 10.4. The third-order valence-corrected chi connectivity index (χ3v) is 1.77. The lowest BCUT2D eigenvalue weighted by molar-refractivity contribution is -0.142. The molecular formula is C12H12O2. The van der Waals surface area contributed by atoms with Crippen LogP contribution >= 0.6 is 0 Å². The normalized spacial score (nSPS) is 9.14. The summed E-state index contributed by atoms with van der Waals surface area (Å²) >= 11 is 0. The summed E-state index contributed by atoms with van der Waals surface area (Å²) in [5.41, 5.74) is 1.74. The highest BCUT2D eigenvalue weighted by atomic mass is 16.5. The van der Waals surface area contributed by atoms with Gasteiger partial charge in [0.25, 0.3) is 0 Å². The van der Waals surface area contributed by atoms with Gasteiger partial charge in [-0.2, -0.15) is 0 Å². The molecule has 2 nitrogen and oxygen atoms in total. The van der Waals surface area contributed by atoms with Crippen molar-refractivity contribution < 1.29 is 9.53 Å². The molecule has 0 unspecified atom stereocenters. The van der Waals surface area contributed by atoms with E-state index in [1.54, 1.807) is 6.92 Å². The van der Waals surface area contributed by atoms with E-state index in [0.717, 1.165) is 11.1 Å². The maximum Gasteiger partial charge on any atom is 0.310 e. The maximum atomic E-state index is 11.1. The first-order valence-electron chi connectivity index (χ1n) is 4.47. The molecule has 0 saturated carbocycles. The molecule has 0 saturated heterocycles. The molecule has 0 bridgehead atoms. The van der Waals surface area contributed by atoms with Gasteiger partial charge in [-0.25, -0.2) is 0 Å². The second kappa shape index (κ2) is 5.08. The van der Waals surface area contributed by atoms with E-state index in [-0.39, 0.29) is 5.97 Å². The molecule has 0 heterocycles. The molecule has 0 aromatic heterocycles. The largest absolute Gasteiger partial charge is 0.466 e. The van der Waals surface area contributed by atoms with Gasteiger partial charge >= 0.3 is 5.97 Å². The Labute approximate surface area is 83.9 Å². The Bertz CT molecular complexity index is 344. The van der Waals surface area contributed by atoms with Gasteiger partial charge in [0.2, 0.25) is 0 Å². The van der Waals surface area contributed by atoms with Crippen molar-refractivity contribution in [1.82, 2.24) is 0 Å². The van der Waals surface area contributed by atoms with Gasteiger partial charge in [-0.15, -0.1) is 6.42 Å². The van der Waals surface area contributed by atoms with Crippen molar-refractivity contribution in [1.29, 1.82) is 0 Å². The molecule has 0 radical (unpaired) electrons. The van der Waals surface area contributed by atoms with E-state index in [4.69, 9.17) is 11.2 Å². The van der Waals surface area contributed by atoms with Crippen molar-refractivity contribution in [3.05, 3.63) is 35.4 Å². The first kappa shape index (κ1) is 10.3. The van der Waals surface area contributed by atoms with Crippen molar-refractivity contribution in [2.75, 3.05) is 6.61 Å². The summed E-state index contributed by atoms with van der Waals surface area (Å²) in [6.07, 6.45) is 5.51. The summed E-state index contributed by atoms with van der Waals surface area (Å²) in [4.78, 5) is 11.1. The zero-order valence-electron chi connectivity index (χ0n) is 8.12. The molecular weight excluding hydrogens is 176 g/mol. The van der Waals surface area contributed by atoms with Crippen LogP contribution in [0.5, 0.6) is 0 Å². The van der Waals surface area contributed by atoms with Crippen LogP contribution in [0.2, 0.25) is 0 Å². The van der Waals surface area contributed by atoms with Gasteiger partial charge < -0.3 is 4.74 Å². The Morgan fingerprint density at radius 2 is 2.07 bits per heavy atom. The SMILES string of the molecule is C#Cc1ccc(CC(=O)OCC)cc1. The van der Waals surface area contributed by atoms with Gasteiger partial charge in [-0.3, -0.25) is 4.79 Å². The smallest absolute Gasteiger partial charge is 0.310 e. The first-order valence-corrected chi connectivity index (χ1v) is 4.47. The second-order valence-electron chi connectivity index (χ2n) is 2.82. The number of carbonyl (C=O) groups excluding carboxylic acids is 1. The second-order valence-corrected chi connectivity index (χ2v) is 2.82. The number of terminal acetylenes is 1. The molecule has 1 rings (SSSR count). The lowest BCUT2D eigenvalue weighted by Gasteiger charge is -2.01. The summed E-state index contributed by atoms with van der Waals surface area (Å²) in [6, 6.07) is 7.31. The number of esters is 1. The molecule has 0 spiro atoms. The van der Waals surface area contributed by atoms with Gasteiger partial charge in [0.15, 0.2) is 0 Å². The summed E-state index contributed by atoms with van der Waals surface area (Å²) in [5.74, 6) is 2.31. The predicted molar refractivity (Wildman–Crippen MR) is 54.7 cm³/mol. The minimum absolute atomic E-state index is 0.207. The van der Waals surface area contributed by atoms with E-state index in [1.807, 2.05) is 24.3 Å². The molecule has 0 amide bonds. The number of benzene rings is 1. The van der Waals surface area contributed by atoms with Gasteiger partial charge in [0.1, 0.15) is 0 Å². The lowest BCUT2D eigenvalue weighted by Crippen LogP contribution is -2.07. The van der Waals surface area contributed by atoms with Crippen LogP contribution in [0.25, 0.3) is 0 Å². The first-order chi connectivity index (χ1) is 6.76. The van der Waals surface area contributed by atoms with Crippen molar-refractivity contribution in [3.8, 4) is 12.3 Å². The molecule has 0 atom stereocenters. The van der Waals surface area contributed by atoms with Crippen molar-refractivity contribution in [3.63, 3.8) is 0 Å². The summed E-state index contributed by atoms with van der Waals surface area (Å²) in [5, 5.41) is 0. The number of carbonyl (C=O) groups is 1. The molecule has 0 fully saturated rings. The third kappa shape index (κ3) is 2.95. The van der Waals surface area contributed by atoms with Crippen LogP contribution < -0.4 is 0 Å². The fourth-order valence-corrected chi connectivity index (χ4v) is 1.10. The van der Waals surface area contributed by atoms with E-state index in [0.29, 0.717) is 13.0 Å². The molecule has 14 heavy (non-hydrogen) atoms. The van der Waals surface area contributed by atoms with Crippen LogP contribution in [0.15, 0.2) is 24.3 Å². The van der Waals surface area contributed by atoms with E-state index in [1.165, 1.54) is 0 Å². The highest BCUT2D eigenvalue weighted by Crippen LogP contribution is 2.04. The Morgan fingerprint density at radius 3 is 2.57 bits per heavy atom. The standard InChI is InChI=1S/C12H12O2/c1-3-10-5-7-11(8-6-10)9-12(13)14-4-2/h1,5-8H,4,9H2,2H3. The molecule has 0 aliphatic carbocycles. The lowest BCUT2D eigenvalue weighted by atomic mass is 10.1.